The van der Waals surface area contributed by atoms with Gasteiger partial charge in [0, 0.05) is 16.3 Å². The monoisotopic (exact) mass is 420 g/mol. The second-order valence-corrected chi connectivity index (χ2v) is 8.16. The first-order valence-corrected chi connectivity index (χ1v) is 10.3. The van der Waals surface area contributed by atoms with Crippen LogP contribution in [0.15, 0.2) is 64.4 Å². The minimum atomic E-state index is -1.12. The van der Waals surface area contributed by atoms with Gasteiger partial charge >= 0.3 is 5.97 Å². The molecule has 0 bridgehead atoms. The molecule has 1 amide bonds. The zero-order valence-corrected chi connectivity index (χ0v) is 16.3. The second-order valence-electron chi connectivity index (χ2n) is 6.25. The third kappa shape index (κ3) is 3.08. The highest BCUT2D eigenvalue weighted by Gasteiger charge is 2.24. The van der Waals surface area contributed by atoms with Gasteiger partial charge in [0.05, 0.1) is 10.2 Å². The number of carbonyl (C=O) groups excluding carboxylic acids is 1. The highest BCUT2D eigenvalue weighted by molar-refractivity contribution is 7.22. The molecule has 3 aromatic heterocycles. The molecule has 0 saturated carbocycles. The number of carbonyl (C=O) groups is 2. The number of amides is 1. The number of furan rings is 1. The van der Waals surface area contributed by atoms with Crippen LogP contribution >= 0.6 is 22.7 Å². The van der Waals surface area contributed by atoms with Gasteiger partial charge in [-0.15, -0.1) is 22.7 Å². The Bertz CT molecular complexity index is 1330. The number of anilines is 1. The van der Waals surface area contributed by atoms with Crippen LogP contribution in [0.5, 0.6) is 0 Å². The normalized spacial score (nSPS) is 11.2. The summed E-state index contributed by atoms with van der Waals surface area (Å²) in [6.07, 6.45) is 0. The number of aromatic carboxylic acids is 1. The first-order chi connectivity index (χ1) is 14.1. The van der Waals surface area contributed by atoms with Crippen molar-refractivity contribution < 1.29 is 19.1 Å². The standard InChI is InChI=1S/C21H12N2O4S2/c24-18(15-9-11-5-1-3-7-14(11)27-15)23-20-17(21(25)26)12(10-28-20)19-22-13-6-2-4-8-16(13)29-19/h1-10H,(H,23,24)(H,25,26). The predicted octanol–water partition coefficient (Wildman–Crippen LogP) is 5.72. The molecule has 0 aliphatic rings. The maximum Gasteiger partial charge on any atom is 0.339 e. The molecule has 0 radical (unpaired) electrons. The molecule has 0 aliphatic heterocycles. The Morgan fingerprint density at radius 1 is 1.07 bits per heavy atom. The Labute approximate surface area is 172 Å². The third-order valence-corrected chi connectivity index (χ3v) is 6.37. The Balaban J connectivity index is 1.52. The molecule has 2 N–H and O–H groups in total. The third-order valence-electron chi connectivity index (χ3n) is 4.41. The first kappa shape index (κ1) is 17.6. The molecule has 8 heteroatoms. The molecule has 29 heavy (non-hydrogen) atoms. The average molecular weight is 420 g/mol. The summed E-state index contributed by atoms with van der Waals surface area (Å²) in [6, 6.07) is 16.5. The van der Waals surface area contributed by atoms with Crippen molar-refractivity contribution >= 4 is 60.7 Å². The summed E-state index contributed by atoms with van der Waals surface area (Å²) in [5.41, 5.74) is 1.92. The molecule has 0 fully saturated rings. The molecule has 0 saturated heterocycles. The number of rotatable bonds is 4. The molecule has 5 rings (SSSR count). The maximum absolute atomic E-state index is 12.6. The van der Waals surface area contributed by atoms with Crippen LogP contribution in [-0.2, 0) is 0 Å². The zero-order chi connectivity index (χ0) is 20.0. The fraction of sp³-hybridized carbons (Fsp3) is 0. The molecule has 2 aromatic carbocycles. The molecule has 0 aliphatic carbocycles. The van der Waals surface area contributed by atoms with Crippen LogP contribution in [0.4, 0.5) is 5.00 Å². The lowest BCUT2D eigenvalue weighted by Gasteiger charge is -2.03. The lowest BCUT2D eigenvalue weighted by Crippen LogP contribution is -2.12. The highest BCUT2D eigenvalue weighted by atomic mass is 32.1. The summed E-state index contributed by atoms with van der Waals surface area (Å²) in [7, 11) is 0. The van der Waals surface area contributed by atoms with Crippen LogP contribution in [0.2, 0.25) is 0 Å². The van der Waals surface area contributed by atoms with Gasteiger partial charge < -0.3 is 14.8 Å². The van der Waals surface area contributed by atoms with Crippen molar-refractivity contribution in [2.45, 2.75) is 0 Å². The van der Waals surface area contributed by atoms with Gasteiger partial charge in [-0.25, -0.2) is 9.78 Å². The smallest absolute Gasteiger partial charge is 0.339 e. The van der Waals surface area contributed by atoms with Crippen molar-refractivity contribution in [2.24, 2.45) is 0 Å². The summed E-state index contributed by atoms with van der Waals surface area (Å²) in [6.45, 7) is 0. The molecule has 0 spiro atoms. The molecule has 6 nitrogen and oxygen atoms in total. The SMILES string of the molecule is O=C(Nc1scc(-c2nc3ccccc3s2)c1C(=O)O)c1cc2ccccc2o1. The van der Waals surface area contributed by atoms with E-state index in [0.717, 1.165) is 26.9 Å². The summed E-state index contributed by atoms with van der Waals surface area (Å²) >= 11 is 2.57. The number of nitrogens with zero attached hydrogens (tertiary/aromatic N) is 1. The maximum atomic E-state index is 12.6. The summed E-state index contributed by atoms with van der Waals surface area (Å²) in [5, 5.41) is 15.8. The largest absolute Gasteiger partial charge is 0.478 e. The van der Waals surface area contributed by atoms with Crippen LogP contribution in [0.25, 0.3) is 31.8 Å². The van der Waals surface area contributed by atoms with E-state index in [1.54, 1.807) is 17.5 Å². The van der Waals surface area contributed by atoms with Crippen molar-refractivity contribution in [1.29, 1.82) is 0 Å². The number of benzene rings is 2. The van der Waals surface area contributed by atoms with Crippen molar-refractivity contribution in [1.82, 2.24) is 4.98 Å². The summed E-state index contributed by atoms with van der Waals surface area (Å²) in [5.74, 6) is -1.50. The molecule has 142 valence electrons. The molecule has 0 atom stereocenters. The van der Waals surface area contributed by atoms with E-state index in [9.17, 15) is 14.7 Å². The van der Waals surface area contributed by atoms with Gasteiger partial charge in [-0.05, 0) is 24.3 Å². The number of hydrogen-bond donors (Lipinski definition) is 2. The number of fused-ring (bicyclic) bond motifs is 2. The number of hydrogen-bond acceptors (Lipinski definition) is 6. The van der Waals surface area contributed by atoms with E-state index < -0.39 is 11.9 Å². The lowest BCUT2D eigenvalue weighted by atomic mass is 10.2. The van der Waals surface area contributed by atoms with Gasteiger partial charge in [-0.3, -0.25) is 4.79 Å². The Morgan fingerprint density at radius 2 is 1.86 bits per heavy atom. The van der Waals surface area contributed by atoms with Crippen LogP contribution in [0.1, 0.15) is 20.9 Å². The number of carboxylic acid groups (broad SMARTS) is 1. The number of carboxylic acids is 1. The minimum absolute atomic E-state index is 0.0264. The van der Waals surface area contributed by atoms with Crippen LogP contribution in [0.3, 0.4) is 0 Å². The highest BCUT2D eigenvalue weighted by Crippen LogP contribution is 2.39. The molecule has 5 aromatic rings. The fourth-order valence-corrected chi connectivity index (χ4v) is 5.06. The average Bonchev–Trinajstić information content (AvgIpc) is 3.43. The molecular formula is C21H12N2O4S2. The number of aromatic nitrogens is 1. The lowest BCUT2D eigenvalue weighted by molar-refractivity contribution is 0.0699. The van der Waals surface area contributed by atoms with Gasteiger partial charge in [-0.2, -0.15) is 0 Å². The van der Waals surface area contributed by atoms with Crippen molar-refractivity contribution in [3.63, 3.8) is 0 Å². The molecule has 0 unspecified atom stereocenters. The summed E-state index contributed by atoms with van der Waals surface area (Å²) in [4.78, 5) is 29.1. The van der Waals surface area contributed by atoms with E-state index in [2.05, 4.69) is 10.3 Å². The fourth-order valence-electron chi connectivity index (χ4n) is 3.07. The van der Waals surface area contributed by atoms with E-state index in [0.29, 0.717) is 16.2 Å². The quantitative estimate of drug-likeness (QED) is 0.388. The molecule has 3 heterocycles. The van der Waals surface area contributed by atoms with Gasteiger partial charge in [0.1, 0.15) is 21.2 Å². The Hall–Kier alpha value is -3.49. The predicted molar refractivity (Wildman–Crippen MR) is 114 cm³/mol. The summed E-state index contributed by atoms with van der Waals surface area (Å²) < 4.78 is 6.54. The van der Waals surface area contributed by atoms with E-state index in [1.807, 2.05) is 42.5 Å². The van der Waals surface area contributed by atoms with Crippen molar-refractivity contribution in [3.05, 3.63) is 71.3 Å². The van der Waals surface area contributed by atoms with Crippen LogP contribution in [-0.4, -0.2) is 22.0 Å². The van der Waals surface area contributed by atoms with E-state index in [4.69, 9.17) is 4.42 Å². The molecular weight excluding hydrogens is 408 g/mol. The Morgan fingerprint density at radius 3 is 2.66 bits per heavy atom. The van der Waals surface area contributed by atoms with Gasteiger partial charge in [-0.1, -0.05) is 30.3 Å². The van der Waals surface area contributed by atoms with Crippen molar-refractivity contribution in [2.75, 3.05) is 5.32 Å². The number of thiazole rings is 1. The van der Waals surface area contributed by atoms with E-state index in [-0.39, 0.29) is 16.3 Å². The number of thiophene rings is 1. The van der Waals surface area contributed by atoms with Gasteiger partial charge in [0.15, 0.2) is 5.76 Å². The number of para-hydroxylation sites is 2. The second kappa shape index (κ2) is 6.84. The zero-order valence-electron chi connectivity index (χ0n) is 14.7. The van der Waals surface area contributed by atoms with Crippen LogP contribution < -0.4 is 5.32 Å². The Kier molecular flexibility index (Phi) is 4.15. The van der Waals surface area contributed by atoms with Gasteiger partial charge in [0.2, 0.25) is 0 Å². The minimum Gasteiger partial charge on any atom is -0.478 e. The van der Waals surface area contributed by atoms with E-state index in [1.165, 1.54) is 11.3 Å². The van der Waals surface area contributed by atoms with Gasteiger partial charge in [0.25, 0.3) is 5.91 Å². The first-order valence-electron chi connectivity index (χ1n) is 8.61. The van der Waals surface area contributed by atoms with E-state index >= 15 is 0 Å². The van der Waals surface area contributed by atoms with Crippen molar-refractivity contribution in [3.8, 4) is 10.6 Å². The number of nitrogens with one attached hydrogen (secondary N) is 1. The topological polar surface area (TPSA) is 92.4 Å². The van der Waals surface area contributed by atoms with Crippen LogP contribution in [0, 0.1) is 0 Å².